The van der Waals surface area contributed by atoms with Gasteiger partial charge in [0.2, 0.25) is 0 Å². The normalized spacial score (nSPS) is 12.3. The highest BCUT2D eigenvalue weighted by Gasteiger charge is 2.12. The molecule has 20 heavy (non-hydrogen) atoms. The summed E-state index contributed by atoms with van der Waals surface area (Å²) in [5.41, 5.74) is 1.27. The van der Waals surface area contributed by atoms with Crippen molar-refractivity contribution in [1.82, 2.24) is 15.3 Å². The average molecular weight is 352 g/mol. The first-order valence-corrected chi connectivity index (χ1v) is 8.29. The van der Waals surface area contributed by atoms with Gasteiger partial charge in [0.15, 0.2) is 5.16 Å². The molecule has 106 valence electrons. The molecule has 0 saturated heterocycles. The van der Waals surface area contributed by atoms with Crippen LogP contribution in [0.4, 0.5) is 0 Å². The fourth-order valence-electron chi connectivity index (χ4n) is 1.86. The van der Waals surface area contributed by atoms with E-state index in [4.69, 9.17) is 0 Å². The van der Waals surface area contributed by atoms with Gasteiger partial charge in [0.1, 0.15) is 0 Å². The van der Waals surface area contributed by atoms with E-state index in [9.17, 15) is 0 Å². The van der Waals surface area contributed by atoms with Gasteiger partial charge < -0.3 is 5.32 Å². The zero-order valence-electron chi connectivity index (χ0n) is 11.6. The molecule has 1 unspecified atom stereocenters. The second-order valence-corrected chi connectivity index (χ2v) is 6.42. The van der Waals surface area contributed by atoms with Crippen LogP contribution in [0.3, 0.4) is 0 Å². The van der Waals surface area contributed by atoms with E-state index in [0.717, 1.165) is 22.6 Å². The van der Waals surface area contributed by atoms with Gasteiger partial charge in [-0.05, 0) is 61.5 Å². The van der Waals surface area contributed by atoms with E-state index in [1.807, 2.05) is 6.07 Å². The maximum absolute atomic E-state index is 4.28. The van der Waals surface area contributed by atoms with Crippen molar-refractivity contribution in [3.05, 3.63) is 46.7 Å². The summed E-state index contributed by atoms with van der Waals surface area (Å²) in [7, 11) is 0. The molecule has 2 rings (SSSR count). The topological polar surface area (TPSA) is 37.8 Å². The van der Waals surface area contributed by atoms with E-state index in [2.05, 4.69) is 63.3 Å². The average Bonchev–Trinajstić information content (AvgIpc) is 2.47. The lowest BCUT2D eigenvalue weighted by Crippen LogP contribution is -2.19. The molecule has 3 nitrogen and oxygen atoms in total. The van der Waals surface area contributed by atoms with E-state index in [-0.39, 0.29) is 0 Å². The maximum Gasteiger partial charge on any atom is 0.192 e. The van der Waals surface area contributed by atoms with Crippen LogP contribution in [-0.2, 0) is 0 Å². The Labute approximate surface area is 132 Å². The van der Waals surface area contributed by atoms with Gasteiger partial charge in [-0.2, -0.15) is 0 Å². The molecule has 1 aromatic heterocycles. The highest BCUT2D eigenvalue weighted by Crippen LogP contribution is 2.33. The molecule has 1 heterocycles. The quantitative estimate of drug-likeness (QED) is 0.780. The third-order valence-electron chi connectivity index (χ3n) is 2.88. The molecule has 1 atom stereocenters. The summed E-state index contributed by atoms with van der Waals surface area (Å²) >= 11 is 5.15. The minimum Gasteiger partial charge on any atom is -0.310 e. The molecule has 0 spiro atoms. The van der Waals surface area contributed by atoms with Crippen LogP contribution in [0.15, 0.2) is 51.2 Å². The molecular formula is C15H18BrN3S. The minimum atomic E-state index is 0.304. The van der Waals surface area contributed by atoms with Crippen molar-refractivity contribution in [2.75, 3.05) is 6.54 Å². The molecule has 0 saturated carbocycles. The summed E-state index contributed by atoms with van der Waals surface area (Å²) in [6.45, 7) is 5.38. The van der Waals surface area contributed by atoms with Crippen LogP contribution in [0.2, 0.25) is 0 Å². The van der Waals surface area contributed by atoms with Gasteiger partial charge in [-0.25, -0.2) is 9.97 Å². The van der Waals surface area contributed by atoms with Gasteiger partial charge in [0.25, 0.3) is 0 Å². The van der Waals surface area contributed by atoms with Crippen molar-refractivity contribution in [3.63, 3.8) is 0 Å². The Hall–Kier alpha value is -0.910. The number of aromatic nitrogens is 2. The minimum absolute atomic E-state index is 0.304. The molecule has 0 bridgehead atoms. The Kier molecular flexibility index (Phi) is 6.01. The zero-order chi connectivity index (χ0) is 14.4. The summed E-state index contributed by atoms with van der Waals surface area (Å²) in [5.74, 6) is 0. The lowest BCUT2D eigenvalue weighted by atomic mass is 10.1. The van der Waals surface area contributed by atoms with Gasteiger partial charge in [-0.15, -0.1) is 0 Å². The van der Waals surface area contributed by atoms with Crippen molar-refractivity contribution >= 4 is 27.7 Å². The first-order chi connectivity index (χ1) is 9.70. The van der Waals surface area contributed by atoms with E-state index < -0.39 is 0 Å². The molecule has 0 fully saturated rings. The number of hydrogen-bond donors (Lipinski definition) is 1. The Morgan fingerprint density at radius 1 is 1.30 bits per heavy atom. The molecule has 1 aromatic carbocycles. The molecule has 0 aliphatic carbocycles. The third kappa shape index (κ3) is 4.30. The second-order valence-electron chi connectivity index (χ2n) is 4.49. The van der Waals surface area contributed by atoms with Gasteiger partial charge in [0, 0.05) is 27.8 Å². The van der Waals surface area contributed by atoms with Crippen LogP contribution in [0.25, 0.3) is 0 Å². The highest BCUT2D eigenvalue weighted by atomic mass is 79.9. The molecule has 0 amide bonds. The molecule has 2 aromatic rings. The van der Waals surface area contributed by atoms with Gasteiger partial charge >= 0.3 is 0 Å². The first-order valence-electron chi connectivity index (χ1n) is 6.68. The number of hydrogen-bond acceptors (Lipinski definition) is 4. The van der Waals surface area contributed by atoms with Crippen molar-refractivity contribution in [2.45, 2.75) is 36.4 Å². The monoisotopic (exact) mass is 351 g/mol. The number of rotatable bonds is 6. The number of benzene rings is 1. The van der Waals surface area contributed by atoms with E-state index in [1.165, 1.54) is 10.5 Å². The number of nitrogens with one attached hydrogen (secondary N) is 1. The zero-order valence-corrected chi connectivity index (χ0v) is 14.0. The Bertz CT molecular complexity index is 548. The number of halogens is 1. The van der Waals surface area contributed by atoms with Crippen LogP contribution in [0.5, 0.6) is 0 Å². The van der Waals surface area contributed by atoms with E-state index in [1.54, 1.807) is 24.2 Å². The predicted molar refractivity (Wildman–Crippen MR) is 87.0 cm³/mol. The lowest BCUT2D eigenvalue weighted by Gasteiger charge is -2.17. The van der Waals surface area contributed by atoms with Gasteiger partial charge in [0.05, 0.1) is 0 Å². The Balaban J connectivity index is 2.23. The van der Waals surface area contributed by atoms with Crippen LogP contribution < -0.4 is 5.32 Å². The maximum atomic E-state index is 4.28. The Morgan fingerprint density at radius 2 is 2.05 bits per heavy atom. The largest absolute Gasteiger partial charge is 0.310 e. The molecule has 0 aliphatic rings. The van der Waals surface area contributed by atoms with Crippen LogP contribution in [0, 0.1) is 0 Å². The smallest absolute Gasteiger partial charge is 0.192 e. The van der Waals surface area contributed by atoms with Crippen LogP contribution in [0.1, 0.15) is 31.9 Å². The van der Waals surface area contributed by atoms with Crippen molar-refractivity contribution < 1.29 is 0 Å². The van der Waals surface area contributed by atoms with Crippen molar-refractivity contribution in [1.29, 1.82) is 0 Å². The van der Waals surface area contributed by atoms with E-state index >= 15 is 0 Å². The highest BCUT2D eigenvalue weighted by molar-refractivity contribution is 9.10. The second kappa shape index (κ2) is 7.76. The molecule has 1 N–H and O–H groups in total. The van der Waals surface area contributed by atoms with Crippen molar-refractivity contribution in [2.24, 2.45) is 0 Å². The summed E-state index contributed by atoms with van der Waals surface area (Å²) in [4.78, 5) is 9.75. The van der Waals surface area contributed by atoms with Gasteiger partial charge in [-0.1, -0.05) is 22.9 Å². The first kappa shape index (κ1) is 15.5. The predicted octanol–water partition coefficient (Wildman–Crippen LogP) is 4.45. The molecule has 5 heteroatoms. The fourth-order valence-corrected chi connectivity index (χ4v) is 3.15. The molecule has 0 aliphatic heterocycles. The molecule has 0 radical (unpaired) electrons. The summed E-state index contributed by atoms with van der Waals surface area (Å²) in [5, 5.41) is 4.30. The molecular weight excluding hydrogens is 334 g/mol. The van der Waals surface area contributed by atoms with Crippen molar-refractivity contribution in [3.8, 4) is 0 Å². The summed E-state index contributed by atoms with van der Waals surface area (Å²) in [6.07, 6.45) is 4.67. The van der Waals surface area contributed by atoms with Crippen LogP contribution in [-0.4, -0.2) is 16.5 Å². The Morgan fingerprint density at radius 3 is 2.75 bits per heavy atom. The standard InChI is InChI=1S/C15H18BrN3S/c1-3-7-17-11(2)13-10-12(16)5-6-14(13)20-15-18-8-4-9-19-15/h4-6,8-11,17H,3,7H2,1-2H3. The fraction of sp³-hybridized carbons (Fsp3) is 0.333. The van der Waals surface area contributed by atoms with E-state index in [0.29, 0.717) is 6.04 Å². The van der Waals surface area contributed by atoms with Crippen LogP contribution >= 0.6 is 27.7 Å². The third-order valence-corrected chi connectivity index (χ3v) is 4.36. The summed E-state index contributed by atoms with van der Waals surface area (Å²) in [6, 6.07) is 8.47. The summed E-state index contributed by atoms with van der Waals surface area (Å²) < 4.78 is 1.09. The lowest BCUT2D eigenvalue weighted by molar-refractivity contribution is 0.563. The SMILES string of the molecule is CCCNC(C)c1cc(Br)ccc1Sc1ncccn1. The van der Waals surface area contributed by atoms with Gasteiger partial charge in [-0.3, -0.25) is 0 Å². The number of nitrogens with zero attached hydrogens (tertiary/aromatic N) is 2.